The SMILES string of the molecule is CC#CC(=O)N1CCC(Oc2ccc(C(=C(CC(F)(F)F)c3ccccc3)c3ccc4n[nH]c(F)c4c3)cn2)CC1. The molecule has 1 N–H and O–H groups in total. The summed E-state index contributed by atoms with van der Waals surface area (Å²) in [6.07, 6.45) is -3.20. The zero-order valence-corrected chi connectivity index (χ0v) is 22.1. The summed E-state index contributed by atoms with van der Waals surface area (Å²) in [5, 5.41) is 6.33. The Kier molecular flexibility index (Phi) is 8.06. The van der Waals surface area contributed by atoms with E-state index in [0.717, 1.165) is 0 Å². The van der Waals surface area contributed by atoms with E-state index in [9.17, 15) is 22.4 Å². The highest BCUT2D eigenvalue weighted by Gasteiger charge is 2.32. The predicted octanol–water partition coefficient (Wildman–Crippen LogP) is 6.40. The fourth-order valence-corrected chi connectivity index (χ4v) is 4.96. The third-order valence-corrected chi connectivity index (χ3v) is 6.87. The Hall–Kier alpha value is -4.65. The molecule has 3 heterocycles. The first-order valence-corrected chi connectivity index (χ1v) is 13.1. The van der Waals surface area contributed by atoms with Gasteiger partial charge in [-0.15, -0.1) is 0 Å². The molecule has 41 heavy (non-hydrogen) atoms. The molecule has 2 aromatic carbocycles. The molecule has 1 aliphatic heterocycles. The normalized spacial score (nSPS) is 14.8. The molecule has 0 bridgehead atoms. The van der Waals surface area contributed by atoms with E-state index >= 15 is 0 Å². The van der Waals surface area contributed by atoms with E-state index < -0.39 is 18.5 Å². The first kappa shape index (κ1) is 27.9. The lowest BCUT2D eigenvalue weighted by Crippen LogP contribution is -2.41. The van der Waals surface area contributed by atoms with Crippen molar-refractivity contribution in [2.45, 2.75) is 38.5 Å². The Labute approximate surface area is 234 Å². The molecule has 1 saturated heterocycles. The smallest absolute Gasteiger partial charge is 0.393 e. The number of hydrogen-bond acceptors (Lipinski definition) is 4. The van der Waals surface area contributed by atoms with E-state index in [1.807, 2.05) is 0 Å². The quantitative estimate of drug-likeness (QED) is 0.168. The van der Waals surface area contributed by atoms with Gasteiger partial charge in [-0.3, -0.25) is 9.89 Å². The number of allylic oxidation sites excluding steroid dienone is 1. The van der Waals surface area contributed by atoms with E-state index in [0.29, 0.717) is 54.0 Å². The fraction of sp³-hybridized carbons (Fsp3) is 0.258. The van der Waals surface area contributed by atoms with Crippen molar-refractivity contribution in [3.8, 4) is 17.7 Å². The number of rotatable bonds is 6. The zero-order valence-electron chi connectivity index (χ0n) is 22.1. The Morgan fingerprint density at radius 1 is 1.05 bits per heavy atom. The van der Waals surface area contributed by atoms with Gasteiger partial charge in [0.05, 0.1) is 17.3 Å². The van der Waals surface area contributed by atoms with Crippen molar-refractivity contribution in [1.29, 1.82) is 0 Å². The van der Waals surface area contributed by atoms with Crippen LogP contribution in [-0.4, -0.2) is 51.4 Å². The molecular weight excluding hydrogens is 536 g/mol. The predicted molar refractivity (Wildman–Crippen MR) is 147 cm³/mol. The van der Waals surface area contributed by atoms with Crippen LogP contribution < -0.4 is 4.74 Å². The largest absolute Gasteiger partial charge is 0.474 e. The monoisotopic (exact) mass is 562 g/mol. The van der Waals surface area contributed by atoms with Gasteiger partial charge in [0.15, 0.2) is 0 Å². The van der Waals surface area contributed by atoms with Gasteiger partial charge < -0.3 is 9.64 Å². The highest BCUT2D eigenvalue weighted by Crippen LogP contribution is 2.40. The van der Waals surface area contributed by atoms with Gasteiger partial charge in [0, 0.05) is 43.8 Å². The van der Waals surface area contributed by atoms with Crippen LogP contribution in [-0.2, 0) is 4.79 Å². The summed E-state index contributed by atoms with van der Waals surface area (Å²) >= 11 is 0. The standard InChI is InChI=1S/C31H26F4N4O2/c1-2-6-28(40)39-15-13-23(14-16-39)41-27-12-10-22(19-36-27)29(21-9-11-26-24(17-21)30(32)38-37-26)25(18-31(33,34)35)20-7-4-3-5-8-20/h3-5,7-12,17,19,23H,13-16,18H2,1H3,(H,37,38). The van der Waals surface area contributed by atoms with Crippen LogP contribution in [0.15, 0.2) is 66.9 Å². The number of carbonyl (C=O) groups excluding carboxylic acids is 1. The molecule has 0 saturated carbocycles. The Balaban J connectivity index is 1.50. The zero-order chi connectivity index (χ0) is 29.0. The molecule has 210 valence electrons. The van der Waals surface area contributed by atoms with Gasteiger partial charge in [0.2, 0.25) is 11.8 Å². The van der Waals surface area contributed by atoms with Gasteiger partial charge in [-0.05, 0) is 53.3 Å². The van der Waals surface area contributed by atoms with E-state index in [-0.39, 0.29) is 28.5 Å². The van der Waals surface area contributed by atoms with Crippen LogP contribution in [0.4, 0.5) is 17.6 Å². The summed E-state index contributed by atoms with van der Waals surface area (Å²) in [5.41, 5.74) is 1.87. The fourth-order valence-electron chi connectivity index (χ4n) is 4.96. The lowest BCUT2D eigenvalue weighted by molar-refractivity contribution is -0.127. The molecule has 1 aliphatic rings. The number of aromatic nitrogens is 3. The van der Waals surface area contributed by atoms with E-state index in [1.54, 1.807) is 66.4 Å². The number of ether oxygens (including phenoxy) is 1. The minimum absolute atomic E-state index is 0.0315. The maximum atomic E-state index is 14.4. The minimum atomic E-state index is -4.50. The molecule has 1 fully saturated rings. The summed E-state index contributed by atoms with van der Waals surface area (Å²) in [7, 11) is 0. The summed E-state index contributed by atoms with van der Waals surface area (Å²) < 4.78 is 62.2. The average molecular weight is 563 g/mol. The van der Waals surface area contributed by atoms with E-state index in [1.165, 1.54) is 12.3 Å². The Bertz CT molecular complexity index is 1630. The Morgan fingerprint density at radius 2 is 1.78 bits per heavy atom. The van der Waals surface area contributed by atoms with Crippen LogP contribution in [0.25, 0.3) is 22.0 Å². The molecule has 0 spiro atoms. The highest BCUT2D eigenvalue weighted by molar-refractivity contribution is 6.00. The van der Waals surface area contributed by atoms with Crippen LogP contribution in [0.5, 0.6) is 5.88 Å². The van der Waals surface area contributed by atoms with Gasteiger partial charge in [0.1, 0.15) is 6.10 Å². The molecule has 1 amide bonds. The maximum Gasteiger partial charge on any atom is 0.393 e. The number of nitrogens with one attached hydrogen (secondary N) is 1. The number of amides is 1. The van der Waals surface area contributed by atoms with Crippen molar-refractivity contribution in [2.75, 3.05) is 13.1 Å². The maximum absolute atomic E-state index is 14.4. The molecule has 2 aromatic heterocycles. The molecule has 4 aromatic rings. The molecule has 0 unspecified atom stereocenters. The molecule has 0 aliphatic carbocycles. The highest BCUT2D eigenvalue weighted by atomic mass is 19.4. The second-order valence-electron chi connectivity index (χ2n) is 9.65. The first-order chi connectivity index (χ1) is 19.7. The molecule has 5 rings (SSSR count). The Morgan fingerprint density at radius 3 is 2.44 bits per heavy atom. The summed E-state index contributed by atoms with van der Waals surface area (Å²) in [6.45, 7) is 2.63. The van der Waals surface area contributed by atoms with Gasteiger partial charge in [-0.2, -0.15) is 22.7 Å². The number of alkyl halides is 3. The number of benzene rings is 2. The minimum Gasteiger partial charge on any atom is -0.474 e. The number of halogens is 4. The lowest BCUT2D eigenvalue weighted by Gasteiger charge is -2.30. The van der Waals surface area contributed by atoms with Crippen LogP contribution >= 0.6 is 0 Å². The number of hydrogen-bond donors (Lipinski definition) is 1. The number of likely N-dealkylation sites (tertiary alicyclic amines) is 1. The van der Waals surface area contributed by atoms with Crippen molar-refractivity contribution >= 4 is 28.0 Å². The van der Waals surface area contributed by atoms with Crippen LogP contribution in [0.1, 0.15) is 42.9 Å². The van der Waals surface area contributed by atoms with E-state index in [2.05, 4.69) is 27.0 Å². The van der Waals surface area contributed by atoms with Crippen molar-refractivity contribution in [2.24, 2.45) is 0 Å². The van der Waals surface area contributed by atoms with Crippen molar-refractivity contribution in [3.05, 3.63) is 89.5 Å². The van der Waals surface area contributed by atoms with Crippen molar-refractivity contribution in [3.63, 3.8) is 0 Å². The second kappa shape index (κ2) is 11.8. The number of carbonyl (C=O) groups is 1. The molecule has 0 atom stereocenters. The number of piperidine rings is 1. The van der Waals surface area contributed by atoms with Crippen molar-refractivity contribution < 1.29 is 27.1 Å². The van der Waals surface area contributed by atoms with Gasteiger partial charge >= 0.3 is 6.18 Å². The topological polar surface area (TPSA) is 71.1 Å². The number of H-pyrrole nitrogens is 1. The van der Waals surface area contributed by atoms with Gasteiger partial charge in [0.25, 0.3) is 5.91 Å². The van der Waals surface area contributed by atoms with Crippen LogP contribution in [0.3, 0.4) is 0 Å². The lowest BCUT2D eigenvalue weighted by atomic mass is 9.88. The molecule has 6 nitrogen and oxygen atoms in total. The second-order valence-corrected chi connectivity index (χ2v) is 9.65. The number of aromatic amines is 1. The van der Waals surface area contributed by atoms with Gasteiger partial charge in [-0.1, -0.05) is 42.3 Å². The molecular formula is C31H26F4N4O2. The molecule has 10 heteroatoms. The van der Waals surface area contributed by atoms with Crippen LogP contribution in [0.2, 0.25) is 0 Å². The summed E-state index contributed by atoms with van der Waals surface area (Å²) in [5.74, 6) is 4.58. The van der Waals surface area contributed by atoms with Crippen molar-refractivity contribution in [1.82, 2.24) is 20.1 Å². The number of nitrogens with zero attached hydrogens (tertiary/aromatic N) is 3. The van der Waals surface area contributed by atoms with Gasteiger partial charge in [-0.25, -0.2) is 4.98 Å². The summed E-state index contributed by atoms with van der Waals surface area (Å²) in [6, 6.07) is 16.3. The third kappa shape index (κ3) is 6.57. The third-order valence-electron chi connectivity index (χ3n) is 6.87. The number of fused-ring (bicyclic) bond motifs is 1. The van der Waals surface area contributed by atoms with Crippen LogP contribution in [0, 0.1) is 17.8 Å². The first-order valence-electron chi connectivity index (χ1n) is 13.1. The summed E-state index contributed by atoms with van der Waals surface area (Å²) in [4.78, 5) is 18.1. The molecule has 0 radical (unpaired) electrons. The average Bonchev–Trinajstić information content (AvgIpc) is 3.34. The van der Waals surface area contributed by atoms with E-state index in [4.69, 9.17) is 4.74 Å². The number of pyridine rings is 1.